The molecule has 0 spiro atoms. The second-order valence-corrected chi connectivity index (χ2v) is 6.60. The number of rotatable bonds is 7. The molecule has 4 rings (SSSR count). The number of hydrogen-bond donors (Lipinski definition) is 1. The lowest BCUT2D eigenvalue weighted by molar-refractivity contribution is -0.139. The van der Waals surface area contributed by atoms with Crippen molar-refractivity contribution in [1.29, 1.82) is 0 Å². The van der Waals surface area contributed by atoms with Crippen LogP contribution in [0.3, 0.4) is 0 Å². The fourth-order valence-electron chi connectivity index (χ4n) is 3.30. The lowest BCUT2D eigenvalue weighted by Crippen LogP contribution is -2.26. The Morgan fingerprint density at radius 1 is 0.852 bits per heavy atom. The molecule has 1 aliphatic carbocycles. The van der Waals surface area contributed by atoms with Crippen LogP contribution in [-0.2, 0) is 24.4 Å². The highest BCUT2D eigenvalue weighted by Gasteiger charge is 2.36. The van der Waals surface area contributed by atoms with E-state index in [1.165, 1.54) is 0 Å². The minimum Gasteiger partial charge on any atom is -0.485 e. The third-order valence-corrected chi connectivity index (χ3v) is 4.81. The number of fused-ring (bicyclic) bond motifs is 1. The molecule has 0 radical (unpaired) electrons. The first-order valence-corrected chi connectivity index (χ1v) is 8.94. The van der Waals surface area contributed by atoms with Crippen LogP contribution in [0.25, 0.3) is 0 Å². The minimum absolute atomic E-state index is 0.413. The molecule has 4 nitrogen and oxygen atoms in total. The van der Waals surface area contributed by atoms with E-state index in [-0.39, 0.29) is 0 Å². The third-order valence-electron chi connectivity index (χ3n) is 4.81. The van der Waals surface area contributed by atoms with Crippen LogP contribution in [-0.4, -0.2) is 11.1 Å². The van der Waals surface area contributed by atoms with Crippen molar-refractivity contribution in [3.8, 4) is 11.5 Å². The van der Waals surface area contributed by atoms with Gasteiger partial charge in [-0.25, -0.2) is 0 Å². The number of carbonyl (C=O) groups is 1. The van der Waals surface area contributed by atoms with Crippen LogP contribution in [0.2, 0.25) is 0 Å². The van der Waals surface area contributed by atoms with Gasteiger partial charge in [0.25, 0.3) is 0 Å². The molecule has 0 amide bonds. The Labute approximate surface area is 158 Å². The largest absolute Gasteiger partial charge is 0.485 e. The summed E-state index contributed by atoms with van der Waals surface area (Å²) in [6, 6.07) is 23.5. The summed E-state index contributed by atoms with van der Waals surface area (Å²) in [6.45, 7) is 0.848. The summed E-state index contributed by atoms with van der Waals surface area (Å²) in [7, 11) is 0. The van der Waals surface area contributed by atoms with Crippen molar-refractivity contribution in [1.82, 2.24) is 0 Å². The molecule has 0 heterocycles. The molecule has 3 aromatic rings. The van der Waals surface area contributed by atoms with E-state index in [1.54, 1.807) is 0 Å². The molecule has 0 bridgehead atoms. The fraction of sp³-hybridized carbons (Fsp3) is 0.174. The maximum atomic E-state index is 11.4. The molecule has 1 atom stereocenters. The number of carboxylic acids is 1. The molecule has 4 heteroatoms. The maximum Gasteiger partial charge on any atom is 0.311 e. The van der Waals surface area contributed by atoms with Gasteiger partial charge in [-0.15, -0.1) is 0 Å². The number of benzene rings is 3. The van der Waals surface area contributed by atoms with Gasteiger partial charge in [0.05, 0.1) is 5.92 Å². The normalized spacial score (nSPS) is 14.7. The van der Waals surface area contributed by atoms with Crippen molar-refractivity contribution in [2.24, 2.45) is 0 Å². The molecular formula is C23H20O4. The number of carboxylic acid groups (broad SMARTS) is 1. The molecule has 27 heavy (non-hydrogen) atoms. The Hall–Kier alpha value is -3.27. The fourth-order valence-corrected chi connectivity index (χ4v) is 3.30. The summed E-state index contributed by atoms with van der Waals surface area (Å²) in [4.78, 5) is 11.4. The first-order chi connectivity index (χ1) is 13.2. The molecular weight excluding hydrogens is 340 g/mol. The van der Waals surface area contributed by atoms with Crippen molar-refractivity contribution < 1.29 is 19.4 Å². The summed E-state index contributed by atoms with van der Waals surface area (Å²) in [5.74, 6) is 0.0545. The minimum atomic E-state index is -0.797. The Kier molecular flexibility index (Phi) is 4.79. The van der Waals surface area contributed by atoms with E-state index in [2.05, 4.69) is 0 Å². The van der Waals surface area contributed by atoms with Gasteiger partial charge in [-0.3, -0.25) is 4.79 Å². The molecule has 0 aromatic heterocycles. The summed E-state index contributed by atoms with van der Waals surface area (Å²) in [5, 5.41) is 9.33. The van der Waals surface area contributed by atoms with E-state index < -0.39 is 11.9 Å². The second-order valence-electron chi connectivity index (χ2n) is 6.60. The van der Waals surface area contributed by atoms with Gasteiger partial charge in [0.1, 0.15) is 13.2 Å². The predicted octanol–water partition coefficient (Wildman–Crippen LogP) is 4.57. The summed E-state index contributed by atoms with van der Waals surface area (Å²) in [5.41, 5.74) is 3.87. The van der Waals surface area contributed by atoms with Crippen molar-refractivity contribution in [3.63, 3.8) is 0 Å². The van der Waals surface area contributed by atoms with E-state index in [1.807, 2.05) is 72.8 Å². The zero-order valence-electron chi connectivity index (χ0n) is 14.8. The van der Waals surface area contributed by atoms with Crippen LogP contribution < -0.4 is 9.47 Å². The predicted molar refractivity (Wildman–Crippen MR) is 102 cm³/mol. The molecule has 1 N–H and O–H groups in total. The van der Waals surface area contributed by atoms with Crippen LogP contribution in [0.1, 0.15) is 28.2 Å². The van der Waals surface area contributed by atoms with Crippen molar-refractivity contribution >= 4 is 5.97 Å². The summed E-state index contributed by atoms with van der Waals surface area (Å²) in [6.07, 6.45) is 0.470. The third kappa shape index (κ3) is 3.65. The van der Waals surface area contributed by atoms with Crippen molar-refractivity contribution in [2.75, 3.05) is 0 Å². The molecule has 136 valence electrons. The SMILES string of the molecule is O=C(O)C1Cc2c1ccc(OCc1ccccc1)c2OCc1ccccc1. The molecule has 0 fully saturated rings. The number of ether oxygens (including phenoxy) is 2. The molecule has 0 aliphatic heterocycles. The van der Waals surface area contributed by atoms with Crippen LogP contribution in [0.15, 0.2) is 72.8 Å². The molecule has 0 saturated carbocycles. The van der Waals surface area contributed by atoms with Crippen molar-refractivity contribution in [2.45, 2.75) is 25.6 Å². The lowest BCUT2D eigenvalue weighted by Gasteiger charge is -2.30. The van der Waals surface area contributed by atoms with Crippen LogP contribution in [0, 0.1) is 0 Å². The van der Waals surface area contributed by atoms with E-state index in [4.69, 9.17) is 9.47 Å². The van der Waals surface area contributed by atoms with Gasteiger partial charge >= 0.3 is 5.97 Å². The molecule has 1 aliphatic rings. The van der Waals surface area contributed by atoms with E-state index in [9.17, 15) is 9.90 Å². The summed E-state index contributed by atoms with van der Waals surface area (Å²) < 4.78 is 12.1. The highest BCUT2D eigenvalue weighted by atomic mass is 16.5. The highest BCUT2D eigenvalue weighted by molar-refractivity contribution is 5.81. The van der Waals surface area contributed by atoms with Gasteiger partial charge in [-0.1, -0.05) is 66.7 Å². The standard InChI is InChI=1S/C23H20O4/c24-23(25)20-13-19-18(20)11-12-21(26-14-16-7-3-1-4-8-16)22(19)27-15-17-9-5-2-6-10-17/h1-12,20H,13-15H2,(H,24,25). The van der Waals surface area contributed by atoms with E-state index >= 15 is 0 Å². The Morgan fingerprint density at radius 3 is 2.04 bits per heavy atom. The number of aliphatic carboxylic acids is 1. The Balaban J connectivity index is 1.58. The van der Waals surface area contributed by atoms with Crippen LogP contribution >= 0.6 is 0 Å². The smallest absolute Gasteiger partial charge is 0.311 e. The maximum absolute atomic E-state index is 11.4. The van der Waals surface area contributed by atoms with Gasteiger partial charge in [0, 0.05) is 5.56 Å². The number of hydrogen-bond acceptors (Lipinski definition) is 3. The van der Waals surface area contributed by atoms with E-state index in [0.717, 1.165) is 22.3 Å². The monoisotopic (exact) mass is 360 g/mol. The zero-order chi connectivity index (χ0) is 18.6. The van der Waals surface area contributed by atoms with Gasteiger partial charge < -0.3 is 14.6 Å². The molecule has 3 aromatic carbocycles. The van der Waals surface area contributed by atoms with Gasteiger partial charge in [-0.2, -0.15) is 0 Å². The second kappa shape index (κ2) is 7.54. The van der Waals surface area contributed by atoms with Gasteiger partial charge in [0.15, 0.2) is 11.5 Å². The highest BCUT2D eigenvalue weighted by Crippen LogP contribution is 2.46. The topological polar surface area (TPSA) is 55.8 Å². The summed E-state index contributed by atoms with van der Waals surface area (Å²) >= 11 is 0. The lowest BCUT2D eigenvalue weighted by atomic mass is 9.77. The first kappa shape index (κ1) is 17.2. The van der Waals surface area contributed by atoms with Crippen LogP contribution in [0.5, 0.6) is 11.5 Å². The quantitative estimate of drug-likeness (QED) is 0.671. The first-order valence-electron chi connectivity index (χ1n) is 8.94. The molecule has 0 saturated heterocycles. The van der Waals surface area contributed by atoms with Gasteiger partial charge in [0.2, 0.25) is 0 Å². The van der Waals surface area contributed by atoms with Gasteiger partial charge in [-0.05, 0) is 29.2 Å². The van der Waals surface area contributed by atoms with E-state index in [0.29, 0.717) is 31.1 Å². The van der Waals surface area contributed by atoms with Crippen molar-refractivity contribution in [3.05, 3.63) is 95.1 Å². The van der Waals surface area contributed by atoms with Crippen LogP contribution in [0.4, 0.5) is 0 Å². The average Bonchev–Trinajstić information content (AvgIpc) is 2.67. The zero-order valence-corrected chi connectivity index (χ0v) is 14.8. The average molecular weight is 360 g/mol. The Bertz CT molecular complexity index is 935. The Morgan fingerprint density at radius 2 is 1.44 bits per heavy atom. The molecule has 1 unspecified atom stereocenters.